The molecule has 0 unspecified atom stereocenters. The molecule has 1 saturated heterocycles. The quantitative estimate of drug-likeness (QED) is 0.454. The Morgan fingerprint density at radius 1 is 1.17 bits per heavy atom. The molecule has 0 radical (unpaired) electrons. The van der Waals surface area contributed by atoms with Gasteiger partial charge in [-0.15, -0.1) is 11.3 Å². The van der Waals surface area contributed by atoms with Gasteiger partial charge in [0.15, 0.2) is 5.11 Å². The molecule has 1 aromatic carbocycles. The number of carbonyl (C=O) groups is 2. The third kappa shape index (κ3) is 3.33. The Labute approximate surface area is 157 Å². The van der Waals surface area contributed by atoms with E-state index in [0.717, 1.165) is 19.8 Å². The Bertz CT molecular complexity index is 881. The summed E-state index contributed by atoms with van der Waals surface area (Å²) in [6, 6.07) is 9.46. The van der Waals surface area contributed by atoms with Crippen molar-refractivity contribution < 1.29 is 9.59 Å². The van der Waals surface area contributed by atoms with Crippen LogP contribution >= 0.6 is 39.5 Å². The summed E-state index contributed by atoms with van der Waals surface area (Å²) in [5.41, 5.74) is 2.76. The van der Waals surface area contributed by atoms with Gasteiger partial charge < -0.3 is 0 Å². The van der Waals surface area contributed by atoms with Crippen molar-refractivity contribution in [3.05, 3.63) is 55.7 Å². The van der Waals surface area contributed by atoms with Crippen molar-refractivity contribution in [3.8, 4) is 0 Å². The molecular formula is C17H13BrN2O2S2. The van der Waals surface area contributed by atoms with Crippen molar-refractivity contribution in [2.75, 3.05) is 4.90 Å². The normalized spacial score (nSPS) is 16.7. The third-order valence-electron chi connectivity index (χ3n) is 3.45. The van der Waals surface area contributed by atoms with E-state index in [1.54, 1.807) is 6.08 Å². The maximum Gasteiger partial charge on any atom is 0.270 e. The minimum atomic E-state index is -0.477. The van der Waals surface area contributed by atoms with E-state index in [1.165, 1.54) is 16.2 Å². The number of anilines is 1. The van der Waals surface area contributed by atoms with E-state index < -0.39 is 11.8 Å². The number of aryl methyl sites for hydroxylation is 2. The molecule has 0 bridgehead atoms. The molecule has 0 atom stereocenters. The molecule has 2 aromatic rings. The summed E-state index contributed by atoms with van der Waals surface area (Å²) in [6.45, 7) is 3.90. The van der Waals surface area contributed by atoms with Gasteiger partial charge in [-0.05, 0) is 83.5 Å². The van der Waals surface area contributed by atoms with Crippen LogP contribution in [0.15, 0.2) is 39.7 Å². The van der Waals surface area contributed by atoms with Crippen molar-refractivity contribution in [1.82, 2.24) is 5.32 Å². The Hall–Kier alpha value is -1.83. The number of benzene rings is 1. The number of thiocarbonyl (C=S) groups is 1. The molecule has 0 aliphatic carbocycles. The second-order valence-corrected chi connectivity index (χ2v) is 8.33. The maximum absolute atomic E-state index is 12.9. The number of nitrogens with one attached hydrogen (secondary N) is 1. The lowest BCUT2D eigenvalue weighted by molar-refractivity contribution is -0.122. The summed E-state index contributed by atoms with van der Waals surface area (Å²) in [5, 5.41) is 2.69. The average molecular weight is 421 g/mol. The molecule has 1 aliphatic rings. The van der Waals surface area contributed by atoms with E-state index in [-0.39, 0.29) is 10.7 Å². The average Bonchev–Trinajstić information content (AvgIpc) is 2.87. The van der Waals surface area contributed by atoms with Crippen LogP contribution in [0.5, 0.6) is 0 Å². The van der Waals surface area contributed by atoms with Crippen LogP contribution in [0.25, 0.3) is 6.08 Å². The molecule has 2 heterocycles. The lowest BCUT2D eigenvalue weighted by Crippen LogP contribution is -2.54. The molecule has 7 heteroatoms. The summed E-state index contributed by atoms with van der Waals surface area (Å²) in [6.07, 6.45) is 1.59. The Balaban J connectivity index is 2.04. The van der Waals surface area contributed by atoms with E-state index in [4.69, 9.17) is 12.2 Å². The van der Waals surface area contributed by atoms with Crippen LogP contribution in [0.4, 0.5) is 5.69 Å². The van der Waals surface area contributed by atoms with Gasteiger partial charge in [0, 0.05) is 4.88 Å². The second-order valence-electron chi connectivity index (χ2n) is 5.45. The maximum atomic E-state index is 12.9. The minimum Gasteiger partial charge on any atom is -0.298 e. The molecule has 1 N–H and O–H groups in total. The van der Waals surface area contributed by atoms with Gasteiger partial charge in [-0.1, -0.05) is 6.07 Å². The number of amides is 2. The SMILES string of the molecule is Cc1cc(C)cc(N2C(=O)C(=Cc3ccc(Br)s3)C(=O)NC2=S)c1. The predicted molar refractivity (Wildman–Crippen MR) is 104 cm³/mol. The first kappa shape index (κ1) is 17.0. The highest BCUT2D eigenvalue weighted by molar-refractivity contribution is 9.11. The van der Waals surface area contributed by atoms with E-state index in [0.29, 0.717) is 5.69 Å². The van der Waals surface area contributed by atoms with Gasteiger partial charge in [0.2, 0.25) is 0 Å². The van der Waals surface area contributed by atoms with Gasteiger partial charge in [0.05, 0.1) is 9.47 Å². The van der Waals surface area contributed by atoms with E-state index in [1.807, 2.05) is 44.2 Å². The van der Waals surface area contributed by atoms with Crippen LogP contribution in [0.1, 0.15) is 16.0 Å². The smallest absolute Gasteiger partial charge is 0.270 e. The van der Waals surface area contributed by atoms with Crippen molar-refractivity contribution in [1.29, 1.82) is 0 Å². The van der Waals surface area contributed by atoms with Gasteiger partial charge in [0.1, 0.15) is 5.57 Å². The standard InChI is InChI=1S/C17H13BrN2O2S2/c1-9-5-10(2)7-11(6-9)20-16(22)13(15(21)19-17(20)23)8-12-3-4-14(18)24-12/h3-8H,1-2H3,(H,19,21,23). The zero-order valence-electron chi connectivity index (χ0n) is 12.9. The number of halogens is 1. The van der Waals surface area contributed by atoms with Crippen LogP contribution in [-0.2, 0) is 9.59 Å². The third-order valence-corrected chi connectivity index (χ3v) is 5.30. The molecule has 1 aliphatic heterocycles. The fraction of sp³-hybridized carbons (Fsp3) is 0.118. The summed E-state index contributed by atoms with van der Waals surface area (Å²) >= 11 is 10.0. The summed E-state index contributed by atoms with van der Waals surface area (Å²) in [5.74, 6) is -0.895. The zero-order chi connectivity index (χ0) is 17.4. The van der Waals surface area contributed by atoms with Gasteiger partial charge in [0.25, 0.3) is 11.8 Å². The van der Waals surface area contributed by atoms with Crippen LogP contribution in [0.3, 0.4) is 0 Å². The number of hydrogen-bond donors (Lipinski definition) is 1. The second kappa shape index (κ2) is 6.58. The fourth-order valence-corrected chi connectivity index (χ4v) is 4.17. The molecule has 1 aromatic heterocycles. The molecule has 24 heavy (non-hydrogen) atoms. The molecule has 122 valence electrons. The number of nitrogens with zero attached hydrogens (tertiary/aromatic N) is 1. The summed E-state index contributed by atoms with van der Waals surface area (Å²) in [7, 11) is 0. The molecule has 1 fully saturated rings. The first-order chi connectivity index (χ1) is 11.3. The van der Waals surface area contributed by atoms with E-state index in [2.05, 4.69) is 21.2 Å². The highest BCUT2D eigenvalue weighted by atomic mass is 79.9. The van der Waals surface area contributed by atoms with Gasteiger partial charge in [-0.2, -0.15) is 0 Å². The number of hydrogen-bond acceptors (Lipinski definition) is 4. The zero-order valence-corrected chi connectivity index (χ0v) is 16.1. The van der Waals surface area contributed by atoms with Crippen molar-refractivity contribution in [3.63, 3.8) is 0 Å². The summed E-state index contributed by atoms with van der Waals surface area (Å²) < 4.78 is 0.930. The highest BCUT2D eigenvalue weighted by Gasteiger charge is 2.34. The highest BCUT2D eigenvalue weighted by Crippen LogP contribution is 2.27. The van der Waals surface area contributed by atoms with E-state index >= 15 is 0 Å². The molecule has 3 rings (SSSR count). The first-order valence-corrected chi connectivity index (χ1v) is 9.12. The van der Waals surface area contributed by atoms with Crippen molar-refractivity contribution >= 4 is 68.2 Å². The molecule has 2 amide bonds. The topological polar surface area (TPSA) is 49.4 Å². The van der Waals surface area contributed by atoms with Gasteiger partial charge in [-0.25, -0.2) is 0 Å². The Kier molecular flexibility index (Phi) is 4.67. The molecule has 0 spiro atoms. The van der Waals surface area contributed by atoms with Crippen LogP contribution < -0.4 is 10.2 Å². The molecular weight excluding hydrogens is 408 g/mol. The van der Waals surface area contributed by atoms with Crippen LogP contribution in [0, 0.1) is 13.8 Å². The van der Waals surface area contributed by atoms with Crippen molar-refractivity contribution in [2.24, 2.45) is 0 Å². The van der Waals surface area contributed by atoms with Crippen LogP contribution in [-0.4, -0.2) is 16.9 Å². The largest absolute Gasteiger partial charge is 0.298 e. The Morgan fingerprint density at radius 2 is 1.83 bits per heavy atom. The Morgan fingerprint density at radius 3 is 2.42 bits per heavy atom. The first-order valence-electron chi connectivity index (χ1n) is 7.10. The number of thiophene rings is 1. The van der Waals surface area contributed by atoms with E-state index in [9.17, 15) is 9.59 Å². The minimum absolute atomic E-state index is 0.0668. The lowest BCUT2D eigenvalue weighted by Gasteiger charge is -2.29. The number of carbonyl (C=O) groups excluding carboxylic acids is 2. The monoisotopic (exact) mass is 420 g/mol. The number of rotatable bonds is 2. The molecule has 4 nitrogen and oxygen atoms in total. The fourth-order valence-electron chi connectivity index (χ4n) is 2.52. The van der Waals surface area contributed by atoms with Gasteiger partial charge >= 0.3 is 0 Å². The van der Waals surface area contributed by atoms with Gasteiger partial charge in [-0.3, -0.25) is 19.8 Å². The van der Waals surface area contributed by atoms with Crippen molar-refractivity contribution in [2.45, 2.75) is 13.8 Å². The summed E-state index contributed by atoms with van der Waals surface area (Å²) in [4.78, 5) is 27.3. The predicted octanol–water partition coefficient (Wildman–Crippen LogP) is 3.96. The van der Waals surface area contributed by atoms with Crippen LogP contribution in [0.2, 0.25) is 0 Å². The molecule has 0 saturated carbocycles. The lowest BCUT2D eigenvalue weighted by atomic mass is 10.1.